The number of aromatic nitrogens is 1. The number of halogens is 1. The van der Waals surface area contributed by atoms with Crippen LogP contribution in [0.25, 0.3) is 32.9 Å². The maximum absolute atomic E-state index is 12.4. The first-order valence-corrected chi connectivity index (χ1v) is 11.7. The maximum Gasteiger partial charge on any atom is 0.341 e. The Morgan fingerprint density at radius 3 is 2.41 bits per heavy atom. The summed E-state index contributed by atoms with van der Waals surface area (Å²) in [6, 6.07) is 25.7. The molecule has 7 nitrogen and oxygen atoms in total. The van der Waals surface area contributed by atoms with E-state index in [9.17, 15) is 20.0 Å². The van der Waals surface area contributed by atoms with Gasteiger partial charge in [-0.15, -0.1) is 0 Å². The number of benzene rings is 4. The van der Waals surface area contributed by atoms with Crippen LogP contribution in [-0.2, 0) is 11.3 Å². The van der Waals surface area contributed by atoms with Crippen molar-refractivity contribution in [1.82, 2.24) is 4.57 Å². The van der Waals surface area contributed by atoms with Gasteiger partial charge in [0.05, 0.1) is 28.1 Å². The van der Waals surface area contributed by atoms with Gasteiger partial charge in [0.1, 0.15) is 5.75 Å². The van der Waals surface area contributed by atoms with E-state index in [1.807, 2.05) is 41.0 Å². The molecule has 0 unspecified atom stereocenters. The van der Waals surface area contributed by atoms with Crippen LogP contribution in [0.15, 0.2) is 78.9 Å². The number of hydrogen-bond donors (Lipinski definition) is 2. The molecule has 1 heterocycles. The quantitative estimate of drug-likeness (QED) is 0.296. The van der Waals surface area contributed by atoms with E-state index in [1.54, 1.807) is 42.5 Å². The molecule has 1 aromatic heterocycles. The molecule has 0 spiro atoms. The number of fused-ring (bicyclic) bond motifs is 3. The van der Waals surface area contributed by atoms with Crippen molar-refractivity contribution in [2.24, 2.45) is 5.73 Å². The lowest BCUT2D eigenvalue weighted by Gasteiger charge is -2.13. The van der Waals surface area contributed by atoms with Crippen molar-refractivity contribution < 1.29 is 19.4 Å². The highest BCUT2D eigenvalue weighted by Crippen LogP contribution is 2.41. The lowest BCUT2D eigenvalue weighted by molar-refractivity contribution is -0.139. The van der Waals surface area contributed by atoms with E-state index in [0.29, 0.717) is 44.7 Å². The topological polar surface area (TPSA) is 118 Å². The van der Waals surface area contributed by atoms with E-state index in [2.05, 4.69) is 6.07 Å². The Labute approximate surface area is 216 Å². The second-order valence-corrected chi connectivity index (χ2v) is 8.91. The average Bonchev–Trinajstić information content (AvgIpc) is 3.21. The van der Waals surface area contributed by atoms with Crippen LogP contribution in [0.3, 0.4) is 0 Å². The van der Waals surface area contributed by atoms with Crippen LogP contribution >= 0.6 is 11.6 Å². The number of nitrogens with zero attached hydrogens (tertiary/aromatic N) is 2. The molecule has 1 amide bonds. The molecular weight excluding hydrogens is 490 g/mol. The molecule has 0 fully saturated rings. The lowest BCUT2D eigenvalue weighted by Crippen LogP contribution is -2.11. The minimum absolute atomic E-state index is 0.286. The monoisotopic (exact) mass is 509 g/mol. The molecule has 0 saturated heterocycles. The van der Waals surface area contributed by atoms with E-state index in [0.717, 1.165) is 16.7 Å². The first kappa shape index (κ1) is 23.9. The first-order chi connectivity index (χ1) is 17.9. The number of carboxylic acids is 1. The number of nitriles is 1. The fourth-order valence-corrected chi connectivity index (χ4v) is 4.72. The molecule has 0 aliphatic rings. The fraction of sp³-hybridized carbons (Fsp3) is 0.0690. The lowest BCUT2D eigenvalue weighted by atomic mass is 10.0. The molecule has 4 aromatic carbocycles. The van der Waals surface area contributed by atoms with E-state index < -0.39 is 18.5 Å². The molecule has 8 heteroatoms. The molecular formula is C29H20ClN3O4. The van der Waals surface area contributed by atoms with Gasteiger partial charge < -0.3 is 20.1 Å². The Hall–Kier alpha value is -4.80. The van der Waals surface area contributed by atoms with Gasteiger partial charge in [0.15, 0.2) is 6.61 Å². The van der Waals surface area contributed by atoms with Crippen LogP contribution in [0, 0.1) is 11.3 Å². The van der Waals surface area contributed by atoms with E-state index in [-0.39, 0.29) is 5.56 Å². The van der Waals surface area contributed by atoms with Gasteiger partial charge >= 0.3 is 5.97 Å². The summed E-state index contributed by atoms with van der Waals surface area (Å²) in [7, 11) is 0. The van der Waals surface area contributed by atoms with E-state index >= 15 is 0 Å². The number of nitrogens with two attached hydrogens (primary N) is 1. The maximum atomic E-state index is 12.4. The number of carbonyl (C=O) groups excluding carboxylic acids is 1. The SMILES string of the molecule is N#Cc1ccccc1Cn1c2cc(-c3ccc(Cl)cc3)cc(OCC(=O)O)c2c2c(C(N)=O)cccc21. The predicted molar refractivity (Wildman–Crippen MR) is 142 cm³/mol. The van der Waals surface area contributed by atoms with Crippen molar-refractivity contribution in [3.8, 4) is 22.9 Å². The number of amides is 1. The Morgan fingerprint density at radius 2 is 1.70 bits per heavy atom. The molecule has 0 radical (unpaired) electrons. The number of carboxylic acid groups (broad SMARTS) is 1. The summed E-state index contributed by atoms with van der Waals surface area (Å²) in [5.41, 5.74) is 10.4. The van der Waals surface area contributed by atoms with Gasteiger partial charge in [0, 0.05) is 22.5 Å². The van der Waals surface area contributed by atoms with E-state index in [1.165, 1.54) is 0 Å². The normalized spacial score (nSPS) is 10.9. The van der Waals surface area contributed by atoms with Crippen LogP contribution in [0.4, 0.5) is 0 Å². The third-order valence-corrected chi connectivity index (χ3v) is 6.47. The highest BCUT2D eigenvalue weighted by atomic mass is 35.5. The molecule has 5 aromatic rings. The van der Waals surface area contributed by atoms with Gasteiger partial charge in [-0.1, -0.05) is 48.0 Å². The minimum Gasteiger partial charge on any atom is -0.481 e. The summed E-state index contributed by atoms with van der Waals surface area (Å²) >= 11 is 6.09. The van der Waals surface area contributed by atoms with Crippen molar-refractivity contribution in [2.75, 3.05) is 6.61 Å². The number of primary amides is 1. The van der Waals surface area contributed by atoms with Crippen LogP contribution in [0.2, 0.25) is 5.02 Å². The van der Waals surface area contributed by atoms with Crippen molar-refractivity contribution >= 4 is 45.3 Å². The predicted octanol–water partition coefficient (Wildman–Crippen LogP) is 5.60. The molecule has 0 atom stereocenters. The van der Waals surface area contributed by atoms with Gasteiger partial charge in [-0.05, 0) is 59.2 Å². The van der Waals surface area contributed by atoms with E-state index in [4.69, 9.17) is 22.1 Å². The van der Waals surface area contributed by atoms with Crippen molar-refractivity contribution in [2.45, 2.75) is 6.54 Å². The summed E-state index contributed by atoms with van der Waals surface area (Å²) in [6.07, 6.45) is 0. The van der Waals surface area contributed by atoms with Crippen molar-refractivity contribution in [3.05, 3.63) is 101 Å². The number of aliphatic carboxylic acids is 1. The number of carbonyl (C=O) groups is 2. The molecule has 182 valence electrons. The molecule has 0 aliphatic heterocycles. The second-order valence-electron chi connectivity index (χ2n) is 8.48. The Kier molecular flexibility index (Phi) is 6.26. The van der Waals surface area contributed by atoms with Crippen molar-refractivity contribution in [1.29, 1.82) is 5.26 Å². The van der Waals surface area contributed by atoms with Gasteiger partial charge in [-0.2, -0.15) is 5.26 Å². The number of rotatable bonds is 7. The summed E-state index contributed by atoms with van der Waals surface area (Å²) in [4.78, 5) is 23.9. The molecule has 0 bridgehead atoms. The second kappa shape index (κ2) is 9.69. The average molecular weight is 510 g/mol. The van der Waals surface area contributed by atoms with Gasteiger partial charge in [-0.25, -0.2) is 4.79 Å². The van der Waals surface area contributed by atoms with Crippen LogP contribution < -0.4 is 10.5 Å². The van der Waals surface area contributed by atoms with Crippen LogP contribution in [-0.4, -0.2) is 28.2 Å². The molecule has 0 aliphatic carbocycles. The van der Waals surface area contributed by atoms with Crippen LogP contribution in [0.5, 0.6) is 5.75 Å². The minimum atomic E-state index is -1.13. The van der Waals surface area contributed by atoms with Gasteiger partial charge in [0.25, 0.3) is 0 Å². The van der Waals surface area contributed by atoms with Gasteiger partial charge in [0.2, 0.25) is 5.91 Å². The third kappa shape index (κ3) is 4.46. The van der Waals surface area contributed by atoms with Crippen LogP contribution in [0.1, 0.15) is 21.5 Å². The zero-order valence-electron chi connectivity index (χ0n) is 19.4. The summed E-state index contributed by atoms with van der Waals surface area (Å²) in [5.74, 6) is -1.45. The third-order valence-electron chi connectivity index (χ3n) is 6.22. The van der Waals surface area contributed by atoms with Gasteiger partial charge in [-0.3, -0.25) is 4.79 Å². The Morgan fingerprint density at radius 1 is 0.946 bits per heavy atom. The first-order valence-electron chi connectivity index (χ1n) is 11.3. The largest absolute Gasteiger partial charge is 0.481 e. The standard InChI is InChI=1S/C29H20ClN3O4/c30-21-10-8-17(9-11-21)20-12-24-28(25(13-20)37-16-26(34)35)27-22(29(32)36)6-3-7-23(27)33(24)15-19-5-2-1-4-18(19)14-31/h1-13H,15-16H2,(H2,32,36)(H,34,35). The molecule has 3 N–H and O–H groups in total. The molecule has 5 rings (SSSR count). The smallest absolute Gasteiger partial charge is 0.341 e. The fourth-order valence-electron chi connectivity index (χ4n) is 4.60. The summed E-state index contributed by atoms with van der Waals surface area (Å²) in [6.45, 7) is -0.240. The Bertz CT molecular complexity index is 1730. The van der Waals surface area contributed by atoms with Crippen molar-refractivity contribution in [3.63, 3.8) is 0 Å². The zero-order chi connectivity index (χ0) is 26.1. The molecule has 37 heavy (non-hydrogen) atoms. The zero-order valence-corrected chi connectivity index (χ0v) is 20.2. The summed E-state index contributed by atoms with van der Waals surface area (Å²) in [5, 5.41) is 20.7. The molecule has 0 saturated carbocycles. The number of ether oxygens (including phenoxy) is 1. The number of hydrogen-bond acceptors (Lipinski definition) is 4. The summed E-state index contributed by atoms with van der Waals surface area (Å²) < 4.78 is 7.76. The Balaban J connectivity index is 1.88. The highest BCUT2D eigenvalue weighted by Gasteiger charge is 2.22. The highest BCUT2D eigenvalue weighted by molar-refractivity contribution is 6.30.